The van der Waals surface area contributed by atoms with Crippen molar-refractivity contribution in [3.63, 3.8) is 0 Å². The van der Waals surface area contributed by atoms with Crippen molar-refractivity contribution >= 4 is 16.0 Å². The fourth-order valence-electron chi connectivity index (χ4n) is 7.63. The molecule has 0 aromatic rings. The van der Waals surface area contributed by atoms with Crippen molar-refractivity contribution in [2.45, 2.75) is 276 Å². The van der Waals surface area contributed by atoms with E-state index in [1.807, 2.05) is 0 Å². The molecule has 0 aliphatic heterocycles. The van der Waals surface area contributed by atoms with Crippen molar-refractivity contribution in [2.75, 3.05) is 5.75 Å². The van der Waals surface area contributed by atoms with Gasteiger partial charge in [0.25, 0.3) is 10.1 Å². The molecule has 322 valence electrons. The summed E-state index contributed by atoms with van der Waals surface area (Å²) in [5.74, 6) is -0.887. The minimum atomic E-state index is -4.31. The first-order valence-electron chi connectivity index (χ1n) is 23.9. The number of unbranched alkanes of at least 4 members (excludes halogenated alkanes) is 34. The van der Waals surface area contributed by atoms with Gasteiger partial charge in [-0.25, -0.2) is 0 Å². The zero-order valence-electron chi connectivity index (χ0n) is 36.1. The number of allylic oxidation sites excluding steroid dienone is 2. The van der Waals surface area contributed by atoms with Gasteiger partial charge in [-0.05, 0) is 38.5 Å². The van der Waals surface area contributed by atoms with E-state index in [-0.39, 0.29) is 5.91 Å². The van der Waals surface area contributed by atoms with Gasteiger partial charge in [0.2, 0.25) is 5.91 Å². The van der Waals surface area contributed by atoms with Crippen LogP contribution in [0, 0.1) is 0 Å². The molecule has 2 atom stereocenters. The van der Waals surface area contributed by atoms with E-state index in [0.717, 1.165) is 38.5 Å². The summed E-state index contributed by atoms with van der Waals surface area (Å²) in [4.78, 5) is 12.6. The van der Waals surface area contributed by atoms with Gasteiger partial charge in [0.15, 0.2) is 0 Å². The summed E-state index contributed by atoms with van der Waals surface area (Å²) in [6.45, 7) is 4.55. The van der Waals surface area contributed by atoms with Crippen LogP contribution < -0.4 is 5.32 Å². The van der Waals surface area contributed by atoms with E-state index in [2.05, 4.69) is 31.3 Å². The third-order valence-electron chi connectivity index (χ3n) is 11.2. The minimum absolute atomic E-state index is 0.243. The molecule has 0 radical (unpaired) electrons. The fourth-order valence-corrected chi connectivity index (χ4v) is 8.39. The zero-order valence-corrected chi connectivity index (χ0v) is 36.9. The SMILES string of the molecule is CCCCCCCCCC/C=C\CCCCCCCCCCCC(=O)NC(CS(=O)(=O)O)C(O)CCCCCCCCCCCCCCCCCCCC. The standard InChI is InChI=1S/C47H93NO5S/c1-3-5-7-9-11-13-15-17-19-21-23-24-25-27-29-31-33-35-37-39-41-43-47(50)48-45(44-54(51,52)53)46(49)42-40-38-36-34-32-30-28-26-22-20-18-16-14-12-10-8-6-4-2/h21,23,45-46,49H,3-20,22,24-44H2,1-2H3,(H,48,50)(H,51,52,53)/b23-21-. The fraction of sp³-hybridized carbons (Fsp3) is 0.936. The Kier molecular flexibility index (Phi) is 41.0. The van der Waals surface area contributed by atoms with Crippen LogP contribution in [0.1, 0.15) is 264 Å². The molecule has 0 heterocycles. The van der Waals surface area contributed by atoms with Gasteiger partial charge >= 0.3 is 0 Å². The zero-order chi connectivity index (χ0) is 39.6. The quantitative estimate of drug-likeness (QED) is 0.0324. The first-order chi connectivity index (χ1) is 26.3. The van der Waals surface area contributed by atoms with Crippen molar-refractivity contribution < 1.29 is 22.9 Å². The van der Waals surface area contributed by atoms with Crippen LogP contribution >= 0.6 is 0 Å². The normalized spacial score (nSPS) is 13.2. The van der Waals surface area contributed by atoms with E-state index in [0.29, 0.717) is 12.8 Å². The lowest BCUT2D eigenvalue weighted by molar-refractivity contribution is -0.122. The number of carbonyl (C=O) groups is 1. The van der Waals surface area contributed by atoms with Crippen LogP contribution in [0.15, 0.2) is 12.2 Å². The summed E-state index contributed by atoms with van der Waals surface area (Å²) in [5, 5.41) is 13.4. The number of nitrogens with one attached hydrogen (secondary N) is 1. The number of hydrogen-bond donors (Lipinski definition) is 3. The first kappa shape index (κ1) is 53.1. The molecule has 0 bridgehead atoms. The maximum Gasteiger partial charge on any atom is 0.266 e. The van der Waals surface area contributed by atoms with Crippen LogP contribution in [0.3, 0.4) is 0 Å². The van der Waals surface area contributed by atoms with E-state index in [1.165, 1.54) is 199 Å². The van der Waals surface area contributed by atoms with Crippen molar-refractivity contribution in [1.29, 1.82) is 0 Å². The van der Waals surface area contributed by atoms with Gasteiger partial charge in [-0.2, -0.15) is 8.42 Å². The molecule has 0 saturated carbocycles. The van der Waals surface area contributed by atoms with Crippen LogP contribution in [0.5, 0.6) is 0 Å². The lowest BCUT2D eigenvalue weighted by Crippen LogP contribution is -2.47. The first-order valence-corrected chi connectivity index (χ1v) is 25.5. The van der Waals surface area contributed by atoms with E-state index in [4.69, 9.17) is 0 Å². The summed E-state index contributed by atoms with van der Waals surface area (Å²) in [6, 6.07) is -0.969. The largest absolute Gasteiger partial charge is 0.391 e. The summed E-state index contributed by atoms with van der Waals surface area (Å²) in [6.07, 6.45) is 51.7. The van der Waals surface area contributed by atoms with Gasteiger partial charge in [-0.3, -0.25) is 9.35 Å². The van der Waals surface area contributed by atoms with E-state index in [1.54, 1.807) is 0 Å². The molecule has 0 aliphatic rings. The number of aliphatic hydroxyl groups excluding tert-OH is 1. The molecule has 0 rings (SSSR count). The minimum Gasteiger partial charge on any atom is -0.391 e. The maximum absolute atomic E-state index is 12.6. The highest BCUT2D eigenvalue weighted by Crippen LogP contribution is 2.17. The Morgan fingerprint density at radius 3 is 1.11 bits per heavy atom. The molecular formula is C47H93NO5S. The van der Waals surface area contributed by atoms with Crippen molar-refractivity contribution in [2.24, 2.45) is 0 Å². The maximum atomic E-state index is 12.6. The number of rotatable bonds is 44. The molecule has 0 saturated heterocycles. The molecule has 0 aromatic carbocycles. The van der Waals surface area contributed by atoms with E-state index < -0.39 is 28.0 Å². The average molecular weight is 784 g/mol. The van der Waals surface area contributed by atoms with Crippen LogP contribution in [0.2, 0.25) is 0 Å². The summed E-state index contributed by atoms with van der Waals surface area (Å²) in [5.41, 5.74) is 0. The summed E-state index contributed by atoms with van der Waals surface area (Å²) in [7, 11) is -4.31. The van der Waals surface area contributed by atoms with Crippen molar-refractivity contribution in [3.05, 3.63) is 12.2 Å². The molecule has 0 fully saturated rings. The topological polar surface area (TPSA) is 104 Å². The van der Waals surface area contributed by atoms with Crippen LogP contribution in [0.4, 0.5) is 0 Å². The Hall–Kier alpha value is -0.920. The molecule has 1 amide bonds. The van der Waals surface area contributed by atoms with Gasteiger partial charge in [0, 0.05) is 6.42 Å². The van der Waals surface area contributed by atoms with E-state index >= 15 is 0 Å². The molecule has 2 unspecified atom stereocenters. The van der Waals surface area contributed by atoms with Crippen molar-refractivity contribution in [1.82, 2.24) is 5.32 Å². The highest BCUT2D eigenvalue weighted by Gasteiger charge is 2.26. The number of hydrogen-bond acceptors (Lipinski definition) is 4. The van der Waals surface area contributed by atoms with Gasteiger partial charge in [-0.15, -0.1) is 0 Å². The third-order valence-corrected chi connectivity index (χ3v) is 12.0. The Bertz CT molecular complexity index is 908. The Morgan fingerprint density at radius 1 is 0.481 bits per heavy atom. The smallest absolute Gasteiger partial charge is 0.266 e. The molecule has 7 heteroatoms. The number of amides is 1. The van der Waals surface area contributed by atoms with Crippen molar-refractivity contribution in [3.8, 4) is 0 Å². The second-order valence-corrected chi connectivity index (χ2v) is 18.2. The Morgan fingerprint density at radius 2 is 0.778 bits per heavy atom. The second kappa shape index (κ2) is 41.7. The van der Waals surface area contributed by atoms with Crippen LogP contribution in [-0.2, 0) is 14.9 Å². The number of carbonyl (C=O) groups excluding carboxylic acids is 1. The second-order valence-electron chi connectivity index (χ2n) is 16.7. The molecule has 0 aromatic heterocycles. The van der Waals surface area contributed by atoms with Crippen LogP contribution in [-0.4, -0.2) is 41.9 Å². The van der Waals surface area contributed by atoms with Gasteiger partial charge in [0.1, 0.15) is 0 Å². The molecule has 0 aliphatic carbocycles. The van der Waals surface area contributed by atoms with Gasteiger partial charge in [0.05, 0.1) is 17.9 Å². The van der Waals surface area contributed by atoms with Gasteiger partial charge in [-0.1, -0.05) is 231 Å². The lowest BCUT2D eigenvalue weighted by Gasteiger charge is -2.23. The molecule has 3 N–H and O–H groups in total. The van der Waals surface area contributed by atoms with E-state index in [9.17, 15) is 22.9 Å². The predicted octanol–water partition coefficient (Wildman–Crippen LogP) is 14.5. The molecule has 6 nitrogen and oxygen atoms in total. The number of aliphatic hydroxyl groups is 1. The molecule has 54 heavy (non-hydrogen) atoms. The predicted molar refractivity (Wildman–Crippen MR) is 235 cm³/mol. The Balaban J connectivity index is 3.76. The van der Waals surface area contributed by atoms with Gasteiger partial charge < -0.3 is 10.4 Å². The average Bonchev–Trinajstić information content (AvgIpc) is 3.14. The highest BCUT2D eigenvalue weighted by molar-refractivity contribution is 7.85. The molecule has 0 spiro atoms. The summed E-state index contributed by atoms with van der Waals surface area (Å²) >= 11 is 0. The Labute approximate surface area is 337 Å². The molecular weight excluding hydrogens is 691 g/mol. The summed E-state index contributed by atoms with van der Waals surface area (Å²) < 4.78 is 32.7. The third kappa shape index (κ3) is 42.2. The van der Waals surface area contributed by atoms with Crippen LogP contribution in [0.25, 0.3) is 0 Å². The monoisotopic (exact) mass is 784 g/mol. The highest BCUT2D eigenvalue weighted by atomic mass is 32.2. The lowest BCUT2D eigenvalue weighted by atomic mass is 10.0.